The molecule has 0 amide bonds. The van der Waals surface area contributed by atoms with Gasteiger partial charge >= 0.3 is 5.97 Å². The van der Waals surface area contributed by atoms with Gasteiger partial charge in [-0.25, -0.2) is 4.79 Å². The maximum atomic E-state index is 11.0. The lowest BCUT2D eigenvalue weighted by molar-refractivity contribution is -0.138. The third-order valence-corrected chi connectivity index (χ3v) is 3.32. The van der Waals surface area contributed by atoms with E-state index in [2.05, 4.69) is 37.2 Å². The third kappa shape index (κ3) is 3.79. The highest BCUT2D eigenvalue weighted by atomic mass is 79.9. The SMILES string of the molecule is CCCC(Nc1cc(Br)ccc1Br)C(=O)O. The number of nitrogens with one attached hydrogen (secondary N) is 1. The molecule has 0 aliphatic heterocycles. The molecular formula is C11H13Br2NO2. The van der Waals surface area contributed by atoms with E-state index in [-0.39, 0.29) is 0 Å². The van der Waals surface area contributed by atoms with E-state index in [4.69, 9.17) is 5.11 Å². The molecule has 88 valence electrons. The van der Waals surface area contributed by atoms with E-state index < -0.39 is 12.0 Å². The standard InChI is InChI=1S/C11H13Br2NO2/c1-2-3-9(11(15)16)14-10-6-7(12)4-5-8(10)13/h4-6,9,14H,2-3H2,1H3,(H,15,16). The number of carbonyl (C=O) groups is 1. The summed E-state index contributed by atoms with van der Waals surface area (Å²) in [6, 6.07) is 5.08. The molecule has 1 atom stereocenters. The molecule has 0 aliphatic rings. The summed E-state index contributed by atoms with van der Waals surface area (Å²) in [5.74, 6) is -0.825. The first-order chi connectivity index (χ1) is 7.54. The van der Waals surface area contributed by atoms with Crippen molar-refractivity contribution in [3.8, 4) is 0 Å². The van der Waals surface area contributed by atoms with Gasteiger partial charge in [0.05, 0.1) is 5.69 Å². The minimum absolute atomic E-state index is 0.546. The van der Waals surface area contributed by atoms with Crippen LogP contribution in [0.1, 0.15) is 19.8 Å². The van der Waals surface area contributed by atoms with Crippen molar-refractivity contribution in [2.45, 2.75) is 25.8 Å². The first-order valence-corrected chi connectivity index (χ1v) is 6.57. The van der Waals surface area contributed by atoms with Gasteiger partial charge in [-0.1, -0.05) is 29.3 Å². The van der Waals surface area contributed by atoms with Crippen LogP contribution < -0.4 is 5.32 Å². The molecular weight excluding hydrogens is 338 g/mol. The highest BCUT2D eigenvalue weighted by Crippen LogP contribution is 2.27. The van der Waals surface area contributed by atoms with Gasteiger partial charge in [0.2, 0.25) is 0 Å². The molecule has 1 unspecified atom stereocenters. The molecule has 0 spiro atoms. The van der Waals surface area contributed by atoms with Gasteiger partial charge in [-0.3, -0.25) is 0 Å². The molecule has 0 aromatic heterocycles. The van der Waals surface area contributed by atoms with Crippen molar-refractivity contribution >= 4 is 43.5 Å². The van der Waals surface area contributed by atoms with Crippen LogP contribution in [0.25, 0.3) is 0 Å². The normalized spacial score (nSPS) is 12.2. The van der Waals surface area contributed by atoms with Gasteiger partial charge in [0.1, 0.15) is 6.04 Å². The molecule has 16 heavy (non-hydrogen) atoms. The Balaban J connectivity index is 2.84. The molecule has 0 saturated heterocycles. The van der Waals surface area contributed by atoms with Crippen molar-refractivity contribution in [1.29, 1.82) is 0 Å². The molecule has 0 radical (unpaired) electrons. The predicted molar refractivity (Wildman–Crippen MR) is 71.8 cm³/mol. The van der Waals surface area contributed by atoms with Gasteiger partial charge in [0, 0.05) is 8.95 Å². The first kappa shape index (κ1) is 13.5. The fourth-order valence-electron chi connectivity index (χ4n) is 1.34. The van der Waals surface area contributed by atoms with Crippen LogP contribution in [-0.4, -0.2) is 17.1 Å². The van der Waals surface area contributed by atoms with Crippen LogP contribution in [0.15, 0.2) is 27.1 Å². The Bertz CT molecular complexity index is 382. The Morgan fingerprint density at radius 1 is 1.50 bits per heavy atom. The second-order valence-corrected chi connectivity index (χ2v) is 5.22. The lowest BCUT2D eigenvalue weighted by atomic mass is 10.1. The third-order valence-electron chi connectivity index (χ3n) is 2.13. The van der Waals surface area contributed by atoms with Crippen LogP contribution in [0, 0.1) is 0 Å². The second kappa shape index (κ2) is 6.25. The number of hydrogen-bond donors (Lipinski definition) is 2. The maximum Gasteiger partial charge on any atom is 0.326 e. The molecule has 5 heteroatoms. The van der Waals surface area contributed by atoms with E-state index in [1.54, 1.807) is 0 Å². The summed E-state index contributed by atoms with van der Waals surface area (Å²) in [5.41, 5.74) is 0.787. The van der Waals surface area contributed by atoms with Crippen molar-refractivity contribution in [2.75, 3.05) is 5.32 Å². The Morgan fingerprint density at radius 3 is 2.75 bits per heavy atom. The molecule has 1 aromatic rings. The quantitative estimate of drug-likeness (QED) is 0.847. The number of anilines is 1. The van der Waals surface area contributed by atoms with Gasteiger partial charge in [-0.05, 0) is 40.5 Å². The lowest BCUT2D eigenvalue weighted by Crippen LogP contribution is -2.29. The van der Waals surface area contributed by atoms with Crippen molar-refractivity contribution in [3.63, 3.8) is 0 Å². The van der Waals surface area contributed by atoms with Crippen molar-refractivity contribution < 1.29 is 9.90 Å². The highest BCUT2D eigenvalue weighted by molar-refractivity contribution is 9.11. The molecule has 3 nitrogen and oxygen atoms in total. The van der Waals surface area contributed by atoms with Crippen molar-refractivity contribution in [2.24, 2.45) is 0 Å². The van der Waals surface area contributed by atoms with Gasteiger partial charge in [-0.15, -0.1) is 0 Å². The minimum atomic E-state index is -0.825. The van der Waals surface area contributed by atoms with Crippen LogP contribution in [0.4, 0.5) is 5.69 Å². The summed E-state index contributed by atoms with van der Waals surface area (Å²) in [6.07, 6.45) is 1.43. The van der Waals surface area contributed by atoms with Crippen LogP contribution in [0.3, 0.4) is 0 Å². The molecule has 1 rings (SSSR count). The summed E-state index contributed by atoms with van der Waals surface area (Å²) < 4.78 is 1.77. The van der Waals surface area contributed by atoms with Gasteiger partial charge in [0.25, 0.3) is 0 Å². The Morgan fingerprint density at radius 2 is 2.19 bits per heavy atom. The number of aliphatic carboxylic acids is 1. The smallest absolute Gasteiger partial charge is 0.326 e. The summed E-state index contributed by atoms with van der Waals surface area (Å²) in [4.78, 5) is 11.0. The Hall–Kier alpha value is -0.550. The topological polar surface area (TPSA) is 49.3 Å². The number of halogens is 2. The van der Waals surface area contributed by atoms with Crippen LogP contribution in [0.5, 0.6) is 0 Å². The number of rotatable bonds is 5. The number of carboxylic acid groups (broad SMARTS) is 1. The Kier molecular flexibility index (Phi) is 5.28. The van der Waals surface area contributed by atoms with E-state index in [9.17, 15) is 4.79 Å². The predicted octanol–water partition coefficient (Wildman–Crippen LogP) is 3.88. The molecule has 0 bridgehead atoms. The van der Waals surface area contributed by atoms with E-state index in [0.29, 0.717) is 6.42 Å². The van der Waals surface area contributed by atoms with Crippen LogP contribution in [0.2, 0.25) is 0 Å². The Labute approximate surface area is 111 Å². The zero-order chi connectivity index (χ0) is 12.1. The summed E-state index contributed by atoms with van der Waals surface area (Å²) in [6.45, 7) is 1.97. The van der Waals surface area contributed by atoms with Gasteiger partial charge < -0.3 is 10.4 Å². The van der Waals surface area contributed by atoms with Gasteiger partial charge in [0.15, 0.2) is 0 Å². The van der Waals surface area contributed by atoms with Crippen molar-refractivity contribution in [1.82, 2.24) is 0 Å². The fraction of sp³-hybridized carbons (Fsp3) is 0.364. The zero-order valence-electron chi connectivity index (χ0n) is 8.84. The molecule has 0 fully saturated rings. The zero-order valence-corrected chi connectivity index (χ0v) is 12.0. The minimum Gasteiger partial charge on any atom is -0.480 e. The van der Waals surface area contributed by atoms with E-state index >= 15 is 0 Å². The van der Waals surface area contributed by atoms with Crippen LogP contribution >= 0.6 is 31.9 Å². The van der Waals surface area contributed by atoms with E-state index in [1.165, 1.54) is 0 Å². The molecule has 1 aromatic carbocycles. The fourth-order valence-corrected chi connectivity index (χ4v) is 2.06. The largest absolute Gasteiger partial charge is 0.480 e. The molecule has 0 heterocycles. The summed E-state index contributed by atoms with van der Waals surface area (Å²) in [7, 11) is 0. The number of benzene rings is 1. The van der Waals surface area contributed by atoms with Crippen molar-refractivity contribution in [3.05, 3.63) is 27.1 Å². The maximum absolute atomic E-state index is 11.0. The molecule has 2 N–H and O–H groups in total. The first-order valence-electron chi connectivity index (χ1n) is 4.99. The van der Waals surface area contributed by atoms with E-state index in [1.807, 2.05) is 25.1 Å². The number of hydrogen-bond acceptors (Lipinski definition) is 2. The lowest BCUT2D eigenvalue weighted by Gasteiger charge is -2.16. The monoisotopic (exact) mass is 349 g/mol. The van der Waals surface area contributed by atoms with Gasteiger partial charge in [-0.2, -0.15) is 0 Å². The highest BCUT2D eigenvalue weighted by Gasteiger charge is 2.16. The average molecular weight is 351 g/mol. The van der Waals surface area contributed by atoms with Crippen LogP contribution in [-0.2, 0) is 4.79 Å². The number of carboxylic acids is 1. The summed E-state index contributed by atoms with van der Waals surface area (Å²) in [5, 5.41) is 12.0. The second-order valence-electron chi connectivity index (χ2n) is 3.45. The average Bonchev–Trinajstić information content (AvgIpc) is 2.22. The summed E-state index contributed by atoms with van der Waals surface area (Å²) >= 11 is 6.74. The molecule has 0 saturated carbocycles. The van der Waals surface area contributed by atoms with E-state index in [0.717, 1.165) is 21.1 Å². The molecule has 0 aliphatic carbocycles.